The molecule has 11 nitrogen and oxygen atoms in total. The molecule has 2 N–H and O–H groups in total. The Morgan fingerprint density at radius 2 is 1.85 bits per heavy atom. The number of amides is 1. The van der Waals surface area contributed by atoms with Gasteiger partial charge in [0.25, 0.3) is 0 Å². The fourth-order valence-corrected chi connectivity index (χ4v) is 4.17. The standard InChI is InChI=1S/C25H29F3N4O7/c1-24(2)38-22-16(31-19-10-29-9-18(32-19)25(26,27)28)12-36-17(23(22)39-24)8-30-20(33)13-35-14-21(34)37-11-15-6-4-3-5-7-15/h3-7,9-10,16-17,22-23H,8,11-14H2,1-2H3,(H,30,33)(H,31,32)/t16-,17+,22+,23-/m0/s1. The summed E-state index contributed by atoms with van der Waals surface area (Å²) < 4.78 is 67.1. The molecule has 0 aliphatic carbocycles. The number of ether oxygens (including phenoxy) is 5. The van der Waals surface area contributed by atoms with E-state index in [2.05, 4.69) is 20.6 Å². The van der Waals surface area contributed by atoms with Crippen molar-refractivity contribution in [2.45, 2.75) is 56.8 Å². The van der Waals surface area contributed by atoms with Crippen LogP contribution in [0.4, 0.5) is 19.0 Å². The molecule has 0 bridgehead atoms. The first-order valence-corrected chi connectivity index (χ1v) is 12.2. The molecular formula is C25H29F3N4O7. The van der Waals surface area contributed by atoms with Crippen molar-refractivity contribution >= 4 is 17.7 Å². The van der Waals surface area contributed by atoms with Gasteiger partial charge in [-0.1, -0.05) is 30.3 Å². The Hall–Kier alpha value is -3.33. The number of rotatable bonds is 10. The van der Waals surface area contributed by atoms with Crippen molar-refractivity contribution in [2.24, 2.45) is 0 Å². The molecule has 1 aromatic heterocycles. The lowest BCUT2D eigenvalue weighted by atomic mass is 9.98. The third-order valence-corrected chi connectivity index (χ3v) is 5.87. The number of aromatic nitrogens is 2. The molecule has 4 rings (SSSR count). The highest BCUT2D eigenvalue weighted by Crippen LogP contribution is 2.36. The molecule has 14 heteroatoms. The van der Waals surface area contributed by atoms with Gasteiger partial charge in [0.05, 0.1) is 25.0 Å². The first-order valence-electron chi connectivity index (χ1n) is 12.2. The first-order chi connectivity index (χ1) is 18.5. The molecule has 0 unspecified atom stereocenters. The van der Waals surface area contributed by atoms with Gasteiger partial charge >= 0.3 is 12.1 Å². The Bertz CT molecular complexity index is 1140. The second-order valence-electron chi connectivity index (χ2n) is 9.42. The van der Waals surface area contributed by atoms with Crippen molar-refractivity contribution in [2.75, 3.05) is 31.7 Å². The number of nitrogens with one attached hydrogen (secondary N) is 2. The van der Waals surface area contributed by atoms with E-state index in [4.69, 9.17) is 23.7 Å². The molecule has 212 valence electrons. The lowest BCUT2D eigenvalue weighted by Crippen LogP contribution is -2.57. The highest BCUT2D eigenvalue weighted by atomic mass is 19.4. The highest BCUT2D eigenvalue weighted by molar-refractivity contribution is 5.78. The Labute approximate surface area is 222 Å². The summed E-state index contributed by atoms with van der Waals surface area (Å²) in [6.45, 7) is 2.84. The molecule has 2 saturated heterocycles. The van der Waals surface area contributed by atoms with Crippen LogP contribution in [-0.4, -0.2) is 78.4 Å². The molecule has 0 saturated carbocycles. The van der Waals surface area contributed by atoms with E-state index in [0.717, 1.165) is 5.56 Å². The third-order valence-electron chi connectivity index (χ3n) is 5.87. The Morgan fingerprint density at radius 1 is 1.10 bits per heavy atom. The topological polar surface area (TPSA) is 130 Å². The number of anilines is 1. The summed E-state index contributed by atoms with van der Waals surface area (Å²) in [5, 5.41) is 5.56. The molecule has 2 aliphatic rings. The second kappa shape index (κ2) is 12.2. The molecule has 4 atom stereocenters. The van der Waals surface area contributed by atoms with Crippen LogP contribution >= 0.6 is 0 Å². The van der Waals surface area contributed by atoms with Gasteiger partial charge in [-0.15, -0.1) is 0 Å². The van der Waals surface area contributed by atoms with Crippen molar-refractivity contribution in [1.29, 1.82) is 0 Å². The molecule has 2 fully saturated rings. The van der Waals surface area contributed by atoms with E-state index in [1.54, 1.807) is 13.8 Å². The summed E-state index contributed by atoms with van der Waals surface area (Å²) in [5.74, 6) is -2.17. The summed E-state index contributed by atoms with van der Waals surface area (Å²) in [7, 11) is 0. The number of carbonyl (C=O) groups excluding carboxylic acids is 2. The van der Waals surface area contributed by atoms with Gasteiger partial charge in [-0.3, -0.25) is 9.78 Å². The summed E-state index contributed by atoms with van der Waals surface area (Å²) in [5.41, 5.74) is -0.298. The molecule has 1 aromatic carbocycles. The maximum absolute atomic E-state index is 13.0. The minimum atomic E-state index is -4.64. The second-order valence-corrected chi connectivity index (χ2v) is 9.42. The normalized spacial score (nSPS) is 24.0. The van der Waals surface area contributed by atoms with Gasteiger partial charge in [-0.2, -0.15) is 13.2 Å². The molecule has 1 amide bonds. The van der Waals surface area contributed by atoms with E-state index in [1.165, 1.54) is 6.20 Å². The lowest BCUT2D eigenvalue weighted by molar-refractivity contribution is -0.154. The number of benzene rings is 1. The molecule has 39 heavy (non-hydrogen) atoms. The van der Waals surface area contributed by atoms with Crippen molar-refractivity contribution in [3.8, 4) is 0 Å². The van der Waals surface area contributed by atoms with Gasteiger partial charge in [0.15, 0.2) is 11.5 Å². The quantitative estimate of drug-likeness (QED) is 0.421. The van der Waals surface area contributed by atoms with Crippen molar-refractivity contribution in [3.63, 3.8) is 0 Å². The van der Waals surface area contributed by atoms with Crippen molar-refractivity contribution < 1.29 is 46.4 Å². The zero-order valence-electron chi connectivity index (χ0n) is 21.3. The van der Waals surface area contributed by atoms with Gasteiger partial charge in [0.2, 0.25) is 5.91 Å². The Kier molecular flexibility index (Phi) is 9.00. The average Bonchev–Trinajstić information content (AvgIpc) is 3.23. The maximum Gasteiger partial charge on any atom is 0.434 e. The number of hydrogen-bond donors (Lipinski definition) is 2. The molecule has 0 radical (unpaired) electrons. The number of halogens is 3. The van der Waals surface area contributed by atoms with Crippen LogP contribution in [0.2, 0.25) is 0 Å². The minimum Gasteiger partial charge on any atom is -0.459 e. The molecular weight excluding hydrogens is 525 g/mol. The van der Waals surface area contributed by atoms with E-state index in [1.807, 2.05) is 30.3 Å². The van der Waals surface area contributed by atoms with Crippen LogP contribution in [0.1, 0.15) is 25.1 Å². The van der Waals surface area contributed by atoms with Crippen LogP contribution in [-0.2, 0) is 46.1 Å². The van der Waals surface area contributed by atoms with Crippen LogP contribution in [0.3, 0.4) is 0 Å². The smallest absolute Gasteiger partial charge is 0.434 e. The van der Waals surface area contributed by atoms with E-state index < -0.39 is 53.9 Å². The van der Waals surface area contributed by atoms with E-state index in [-0.39, 0.29) is 38.8 Å². The van der Waals surface area contributed by atoms with Gasteiger partial charge < -0.3 is 34.3 Å². The molecule has 0 spiro atoms. The number of carbonyl (C=O) groups is 2. The molecule has 2 aromatic rings. The Morgan fingerprint density at radius 3 is 2.59 bits per heavy atom. The monoisotopic (exact) mass is 554 g/mol. The molecule has 2 aliphatic heterocycles. The van der Waals surface area contributed by atoms with Gasteiger partial charge in [-0.25, -0.2) is 9.78 Å². The number of nitrogens with zero attached hydrogens (tertiary/aromatic N) is 2. The number of hydrogen-bond acceptors (Lipinski definition) is 10. The van der Waals surface area contributed by atoms with Gasteiger partial charge in [0, 0.05) is 6.54 Å². The van der Waals surface area contributed by atoms with Crippen molar-refractivity contribution in [1.82, 2.24) is 15.3 Å². The van der Waals surface area contributed by atoms with Crippen LogP contribution in [0.25, 0.3) is 0 Å². The van der Waals surface area contributed by atoms with Crippen LogP contribution in [0.15, 0.2) is 42.7 Å². The zero-order valence-corrected chi connectivity index (χ0v) is 21.3. The summed E-state index contributed by atoms with van der Waals surface area (Å²) in [4.78, 5) is 31.3. The summed E-state index contributed by atoms with van der Waals surface area (Å²) >= 11 is 0. The average molecular weight is 555 g/mol. The van der Waals surface area contributed by atoms with Crippen LogP contribution in [0, 0.1) is 0 Å². The minimum absolute atomic E-state index is 0.0445. The fourth-order valence-electron chi connectivity index (χ4n) is 4.17. The summed E-state index contributed by atoms with van der Waals surface area (Å²) in [6, 6.07) is 8.55. The SMILES string of the molecule is CC1(C)O[C@@H]2[C@H](O1)[C@@H](Nc1cncc(C(F)(F)F)n1)CO[C@@H]2CNC(=O)COCC(=O)OCc1ccccc1. The van der Waals surface area contributed by atoms with Gasteiger partial charge in [-0.05, 0) is 19.4 Å². The van der Waals surface area contributed by atoms with Crippen LogP contribution < -0.4 is 10.6 Å². The fraction of sp³-hybridized carbons (Fsp3) is 0.520. The number of fused-ring (bicyclic) bond motifs is 1. The Balaban J connectivity index is 1.24. The largest absolute Gasteiger partial charge is 0.459 e. The van der Waals surface area contributed by atoms with E-state index >= 15 is 0 Å². The lowest BCUT2D eigenvalue weighted by Gasteiger charge is -2.37. The number of esters is 1. The van der Waals surface area contributed by atoms with Gasteiger partial charge in [0.1, 0.15) is 44.0 Å². The van der Waals surface area contributed by atoms with Crippen LogP contribution in [0.5, 0.6) is 0 Å². The number of alkyl halides is 3. The highest BCUT2D eigenvalue weighted by Gasteiger charge is 2.52. The first kappa shape index (κ1) is 28.7. The predicted octanol–water partition coefficient (Wildman–Crippen LogP) is 2.07. The van der Waals surface area contributed by atoms with Crippen molar-refractivity contribution in [3.05, 3.63) is 54.0 Å². The summed E-state index contributed by atoms with van der Waals surface area (Å²) in [6.07, 6.45) is -4.68. The predicted molar refractivity (Wildman–Crippen MR) is 128 cm³/mol. The zero-order chi connectivity index (χ0) is 28.0. The molecule has 3 heterocycles. The van der Waals surface area contributed by atoms with E-state index in [9.17, 15) is 22.8 Å². The third kappa shape index (κ3) is 8.08. The van der Waals surface area contributed by atoms with E-state index in [0.29, 0.717) is 6.20 Å². The maximum atomic E-state index is 13.0.